The maximum atomic E-state index is 6.53. The second kappa shape index (κ2) is 4.94. The maximum absolute atomic E-state index is 6.53. The first-order chi connectivity index (χ1) is 8.74. The predicted molar refractivity (Wildman–Crippen MR) is 77.4 cm³/mol. The molecule has 1 aromatic heterocycles. The quantitative estimate of drug-likeness (QED) is 0.846. The van der Waals surface area contributed by atoms with Gasteiger partial charge in [0.25, 0.3) is 0 Å². The van der Waals surface area contributed by atoms with Crippen molar-refractivity contribution >= 4 is 22.5 Å². The zero-order chi connectivity index (χ0) is 12.5. The Balaban J connectivity index is 1.89. The first-order valence-corrected chi connectivity index (χ1v) is 7.12. The molecule has 1 aliphatic rings. The van der Waals surface area contributed by atoms with Gasteiger partial charge in [0, 0.05) is 22.6 Å². The molecule has 3 heteroatoms. The third kappa shape index (κ3) is 2.27. The molecule has 1 aliphatic heterocycles. The molecule has 1 atom stereocenters. The minimum Gasteiger partial charge on any atom is -0.359 e. The van der Waals surface area contributed by atoms with Crippen LogP contribution >= 0.6 is 11.6 Å². The smallest absolute Gasteiger partial charge is 0.0532 e. The van der Waals surface area contributed by atoms with Crippen LogP contribution in [0.3, 0.4) is 0 Å². The highest BCUT2D eigenvalue weighted by Gasteiger charge is 2.15. The molecule has 3 rings (SSSR count). The van der Waals surface area contributed by atoms with Crippen LogP contribution in [0.25, 0.3) is 10.9 Å². The highest BCUT2D eigenvalue weighted by Crippen LogP contribution is 2.29. The van der Waals surface area contributed by atoms with Crippen molar-refractivity contribution in [3.05, 3.63) is 34.5 Å². The third-order valence-corrected chi connectivity index (χ3v) is 4.28. The molecule has 0 amide bonds. The second-order valence-corrected chi connectivity index (χ2v) is 5.68. The fraction of sp³-hybridized carbons (Fsp3) is 0.467. The summed E-state index contributed by atoms with van der Waals surface area (Å²) < 4.78 is 0. The van der Waals surface area contributed by atoms with Crippen molar-refractivity contribution in [1.82, 2.24) is 10.3 Å². The summed E-state index contributed by atoms with van der Waals surface area (Å²) in [6.45, 7) is 3.21. The van der Waals surface area contributed by atoms with E-state index in [1.54, 1.807) is 0 Å². The lowest BCUT2D eigenvalue weighted by molar-refractivity contribution is 0.399. The lowest BCUT2D eigenvalue weighted by atomic mass is 9.97. The van der Waals surface area contributed by atoms with Crippen LogP contribution in [0, 0.1) is 6.92 Å². The Hall–Kier alpha value is -0.990. The molecule has 2 N–H and O–H groups in total. The minimum absolute atomic E-state index is 0.591. The SMILES string of the molecule is Cc1cc2c(Cl)c(CC3CCCCN3)ccc2[nH]1. The van der Waals surface area contributed by atoms with E-state index in [9.17, 15) is 0 Å². The Kier molecular flexibility index (Phi) is 3.31. The number of nitrogens with one attached hydrogen (secondary N) is 2. The Labute approximate surface area is 113 Å². The van der Waals surface area contributed by atoms with Crippen LogP contribution in [-0.4, -0.2) is 17.6 Å². The number of hydrogen-bond acceptors (Lipinski definition) is 1. The van der Waals surface area contributed by atoms with E-state index in [0.29, 0.717) is 6.04 Å². The van der Waals surface area contributed by atoms with Crippen LogP contribution in [0.1, 0.15) is 30.5 Å². The van der Waals surface area contributed by atoms with Gasteiger partial charge >= 0.3 is 0 Å². The van der Waals surface area contributed by atoms with Gasteiger partial charge in [-0.2, -0.15) is 0 Å². The zero-order valence-electron chi connectivity index (χ0n) is 10.7. The van der Waals surface area contributed by atoms with E-state index in [4.69, 9.17) is 11.6 Å². The van der Waals surface area contributed by atoms with Crippen molar-refractivity contribution < 1.29 is 0 Å². The Morgan fingerprint density at radius 3 is 3.00 bits per heavy atom. The number of benzene rings is 1. The molecular weight excluding hydrogens is 244 g/mol. The van der Waals surface area contributed by atoms with Crippen molar-refractivity contribution in [2.24, 2.45) is 0 Å². The molecule has 1 aromatic carbocycles. The van der Waals surface area contributed by atoms with Crippen LogP contribution in [0.15, 0.2) is 18.2 Å². The number of aryl methyl sites for hydroxylation is 1. The summed E-state index contributed by atoms with van der Waals surface area (Å²) in [6.07, 6.45) is 4.95. The van der Waals surface area contributed by atoms with Gasteiger partial charge in [-0.1, -0.05) is 24.1 Å². The molecule has 0 spiro atoms. The molecule has 2 nitrogen and oxygen atoms in total. The van der Waals surface area contributed by atoms with Gasteiger partial charge in [-0.15, -0.1) is 0 Å². The molecule has 2 heterocycles. The molecule has 96 valence electrons. The monoisotopic (exact) mass is 262 g/mol. The summed E-state index contributed by atoms with van der Waals surface area (Å²) in [5, 5.41) is 5.66. The summed E-state index contributed by atoms with van der Waals surface area (Å²) >= 11 is 6.53. The van der Waals surface area contributed by atoms with Gasteiger partial charge in [0.2, 0.25) is 0 Å². The molecule has 1 unspecified atom stereocenters. The van der Waals surface area contributed by atoms with Crippen molar-refractivity contribution in [3.8, 4) is 0 Å². The van der Waals surface area contributed by atoms with Gasteiger partial charge < -0.3 is 10.3 Å². The summed E-state index contributed by atoms with van der Waals surface area (Å²) in [4.78, 5) is 3.33. The summed E-state index contributed by atoms with van der Waals surface area (Å²) in [7, 11) is 0. The van der Waals surface area contributed by atoms with Gasteiger partial charge in [0.05, 0.1) is 5.02 Å². The maximum Gasteiger partial charge on any atom is 0.0532 e. The van der Waals surface area contributed by atoms with Crippen molar-refractivity contribution in [3.63, 3.8) is 0 Å². The number of aromatic nitrogens is 1. The fourth-order valence-corrected chi connectivity index (χ4v) is 3.17. The van der Waals surface area contributed by atoms with Crippen LogP contribution in [-0.2, 0) is 6.42 Å². The third-order valence-electron chi connectivity index (χ3n) is 3.83. The second-order valence-electron chi connectivity index (χ2n) is 5.30. The molecule has 1 fully saturated rings. The standard InChI is InChI=1S/C15H19ClN2/c1-10-8-13-14(18-10)6-5-11(15(13)16)9-12-4-2-3-7-17-12/h5-6,8,12,17-18H,2-4,7,9H2,1H3. The Morgan fingerprint density at radius 1 is 1.33 bits per heavy atom. The number of halogens is 1. The highest BCUT2D eigenvalue weighted by molar-refractivity contribution is 6.36. The Bertz CT molecular complexity index is 553. The first kappa shape index (κ1) is 12.1. The van der Waals surface area contributed by atoms with Gasteiger partial charge in [-0.3, -0.25) is 0 Å². The molecule has 1 saturated heterocycles. The number of H-pyrrole nitrogens is 1. The van der Waals surface area contributed by atoms with Crippen LogP contribution < -0.4 is 5.32 Å². The van der Waals surface area contributed by atoms with Crippen molar-refractivity contribution in [2.75, 3.05) is 6.54 Å². The fourth-order valence-electron chi connectivity index (χ4n) is 2.87. The van der Waals surface area contributed by atoms with Crippen LogP contribution in [0.5, 0.6) is 0 Å². The number of piperidine rings is 1. The minimum atomic E-state index is 0.591. The van der Waals surface area contributed by atoms with E-state index in [0.717, 1.165) is 28.9 Å². The van der Waals surface area contributed by atoms with E-state index in [1.807, 2.05) is 0 Å². The topological polar surface area (TPSA) is 27.8 Å². The summed E-state index contributed by atoms with van der Waals surface area (Å²) in [5.74, 6) is 0. The van der Waals surface area contributed by atoms with Crippen molar-refractivity contribution in [1.29, 1.82) is 0 Å². The molecule has 0 aliphatic carbocycles. The average Bonchev–Trinajstić information content (AvgIpc) is 2.76. The van der Waals surface area contributed by atoms with Gasteiger partial charge in [0.1, 0.15) is 0 Å². The summed E-state index contributed by atoms with van der Waals surface area (Å²) in [6, 6.07) is 7.03. The Morgan fingerprint density at radius 2 is 2.22 bits per heavy atom. The first-order valence-electron chi connectivity index (χ1n) is 6.74. The van der Waals surface area contributed by atoms with Gasteiger partial charge in [-0.05, 0) is 50.4 Å². The molecular formula is C15H19ClN2. The average molecular weight is 263 g/mol. The number of rotatable bonds is 2. The largest absolute Gasteiger partial charge is 0.359 e. The van der Waals surface area contributed by atoms with E-state index in [-0.39, 0.29) is 0 Å². The van der Waals surface area contributed by atoms with Gasteiger partial charge in [-0.25, -0.2) is 0 Å². The molecule has 0 saturated carbocycles. The number of hydrogen-bond donors (Lipinski definition) is 2. The molecule has 2 aromatic rings. The summed E-state index contributed by atoms with van der Waals surface area (Å²) in [5.41, 5.74) is 3.57. The predicted octanol–water partition coefficient (Wildman–Crippen LogP) is 3.81. The molecule has 18 heavy (non-hydrogen) atoms. The lowest BCUT2D eigenvalue weighted by Gasteiger charge is -2.23. The van der Waals surface area contributed by atoms with Crippen LogP contribution in [0.4, 0.5) is 0 Å². The molecule has 0 bridgehead atoms. The van der Waals surface area contributed by atoms with E-state index >= 15 is 0 Å². The van der Waals surface area contributed by atoms with E-state index in [2.05, 4.69) is 35.4 Å². The highest BCUT2D eigenvalue weighted by atomic mass is 35.5. The lowest BCUT2D eigenvalue weighted by Crippen LogP contribution is -2.35. The van der Waals surface area contributed by atoms with Crippen LogP contribution in [0.2, 0.25) is 5.02 Å². The van der Waals surface area contributed by atoms with Gasteiger partial charge in [0.15, 0.2) is 0 Å². The number of aromatic amines is 1. The van der Waals surface area contributed by atoms with E-state index < -0.39 is 0 Å². The van der Waals surface area contributed by atoms with E-state index in [1.165, 1.54) is 30.5 Å². The normalized spacial score (nSPS) is 20.4. The number of fused-ring (bicyclic) bond motifs is 1. The zero-order valence-corrected chi connectivity index (χ0v) is 11.5. The molecule has 0 radical (unpaired) electrons. The van der Waals surface area contributed by atoms with Crippen molar-refractivity contribution in [2.45, 2.75) is 38.6 Å².